The molecular formula is C23H29N3OS. The molecule has 0 radical (unpaired) electrons. The van der Waals surface area contributed by atoms with Gasteiger partial charge in [-0.1, -0.05) is 42.5 Å². The quantitative estimate of drug-likeness (QED) is 0.620. The lowest BCUT2D eigenvalue weighted by atomic mass is 9.78. The fraction of sp³-hybridized carbons (Fsp3) is 0.391. The van der Waals surface area contributed by atoms with Gasteiger partial charge in [-0.2, -0.15) is 0 Å². The van der Waals surface area contributed by atoms with E-state index in [1.165, 1.54) is 0 Å². The standard InChI is InChI=1S/C23H29N3OS/c1-17(2)26(4)15-14-24-22(27)23(3,18-10-6-5-7-11-18)16-21-25-19-12-8-9-13-20(19)28-21/h5-13,17H,14-16H2,1-4H3,(H,24,27). The van der Waals surface area contributed by atoms with Crippen molar-refractivity contribution in [1.29, 1.82) is 0 Å². The van der Waals surface area contributed by atoms with E-state index in [9.17, 15) is 4.79 Å². The molecule has 0 bridgehead atoms. The number of rotatable bonds is 8. The molecule has 0 aliphatic rings. The molecule has 2 aromatic carbocycles. The van der Waals surface area contributed by atoms with Crippen molar-refractivity contribution in [3.05, 3.63) is 65.2 Å². The number of nitrogens with zero attached hydrogens (tertiary/aromatic N) is 2. The van der Waals surface area contributed by atoms with Crippen molar-refractivity contribution in [2.45, 2.75) is 38.6 Å². The van der Waals surface area contributed by atoms with Crippen LogP contribution in [0.15, 0.2) is 54.6 Å². The number of para-hydroxylation sites is 1. The molecule has 1 atom stereocenters. The van der Waals surface area contributed by atoms with Crippen molar-refractivity contribution in [1.82, 2.24) is 15.2 Å². The van der Waals surface area contributed by atoms with Crippen molar-refractivity contribution in [3.63, 3.8) is 0 Å². The lowest BCUT2D eigenvalue weighted by Gasteiger charge is -2.29. The van der Waals surface area contributed by atoms with Crippen LogP contribution in [0.1, 0.15) is 31.3 Å². The maximum atomic E-state index is 13.3. The lowest BCUT2D eigenvalue weighted by Crippen LogP contribution is -2.46. The van der Waals surface area contributed by atoms with Gasteiger partial charge in [0.1, 0.15) is 0 Å². The number of nitrogens with one attached hydrogen (secondary N) is 1. The molecule has 3 rings (SSSR count). The summed E-state index contributed by atoms with van der Waals surface area (Å²) in [5, 5.41) is 4.15. The molecule has 1 heterocycles. The Balaban J connectivity index is 1.82. The number of aromatic nitrogens is 1. The highest BCUT2D eigenvalue weighted by Crippen LogP contribution is 2.32. The van der Waals surface area contributed by atoms with Gasteiger partial charge in [-0.05, 0) is 45.5 Å². The first-order valence-corrected chi connectivity index (χ1v) is 10.6. The highest BCUT2D eigenvalue weighted by molar-refractivity contribution is 7.18. The Kier molecular flexibility index (Phi) is 6.47. The normalized spacial score (nSPS) is 13.8. The molecule has 1 amide bonds. The van der Waals surface area contributed by atoms with E-state index in [1.54, 1.807) is 11.3 Å². The average Bonchev–Trinajstić information content (AvgIpc) is 3.10. The summed E-state index contributed by atoms with van der Waals surface area (Å²) in [5.74, 6) is 0.0510. The van der Waals surface area contributed by atoms with Crippen molar-refractivity contribution < 1.29 is 4.79 Å². The van der Waals surface area contributed by atoms with Gasteiger partial charge in [0.2, 0.25) is 5.91 Å². The number of carbonyl (C=O) groups is 1. The third-order valence-electron chi connectivity index (χ3n) is 5.39. The van der Waals surface area contributed by atoms with E-state index in [0.29, 0.717) is 19.0 Å². The number of amides is 1. The van der Waals surface area contributed by atoms with E-state index >= 15 is 0 Å². The van der Waals surface area contributed by atoms with Crippen LogP contribution >= 0.6 is 11.3 Å². The summed E-state index contributed by atoms with van der Waals surface area (Å²) in [6, 6.07) is 18.6. The Morgan fingerprint density at radius 1 is 1.14 bits per heavy atom. The molecule has 0 spiro atoms. The number of likely N-dealkylation sites (N-methyl/N-ethyl adjacent to an activating group) is 1. The van der Waals surface area contributed by atoms with Gasteiger partial charge in [-0.25, -0.2) is 4.98 Å². The summed E-state index contributed by atoms with van der Waals surface area (Å²) in [4.78, 5) is 20.3. The van der Waals surface area contributed by atoms with Crippen LogP contribution in [-0.4, -0.2) is 42.0 Å². The van der Waals surface area contributed by atoms with Gasteiger partial charge in [0.05, 0.1) is 20.6 Å². The molecule has 148 valence electrons. The van der Waals surface area contributed by atoms with Crippen LogP contribution < -0.4 is 5.32 Å². The minimum atomic E-state index is -0.661. The maximum Gasteiger partial charge on any atom is 0.230 e. The fourth-order valence-electron chi connectivity index (χ4n) is 3.22. The van der Waals surface area contributed by atoms with Crippen LogP contribution in [0.5, 0.6) is 0 Å². The van der Waals surface area contributed by atoms with E-state index in [4.69, 9.17) is 4.98 Å². The van der Waals surface area contributed by atoms with Crippen LogP contribution in [0.25, 0.3) is 10.2 Å². The van der Waals surface area contributed by atoms with Gasteiger partial charge >= 0.3 is 0 Å². The fourth-order valence-corrected chi connectivity index (χ4v) is 4.34. The minimum absolute atomic E-state index is 0.0510. The predicted molar refractivity (Wildman–Crippen MR) is 118 cm³/mol. The highest BCUT2D eigenvalue weighted by atomic mass is 32.1. The SMILES string of the molecule is CC(C)N(C)CCNC(=O)C(C)(Cc1nc2ccccc2s1)c1ccccc1. The molecule has 0 saturated carbocycles. The van der Waals surface area contributed by atoms with Crippen molar-refractivity contribution in [2.24, 2.45) is 0 Å². The molecular weight excluding hydrogens is 366 g/mol. The van der Waals surface area contributed by atoms with Crippen LogP contribution in [0.4, 0.5) is 0 Å². The predicted octanol–water partition coefficient (Wildman–Crippen LogP) is 4.25. The maximum absolute atomic E-state index is 13.3. The van der Waals surface area contributed by atoms with Crippen LogP contribution in [0, 0.1) is 0 Å². The van der Waals surface area contributed by atoms with Crippen LogP contribution in [0.2, 0.25) is 0 Å². The summed E-state index contributed by atoms with van der Waals surface area (Å²) >= 11 is 1.67. The van der Waals surface area contributed by atoms with Crippen LogP contribution in [0.3, 0.4) is 0 Å². The summed E-state index contributed by atoms with van der Waals surface area (Å²) < 4.78 is 1.16. The van der Waals surface area contributed by atoms with Crippen molar-refractivity contribution in [3.8, 4) is 0 Å². The molecule has 0 saturated heterocycles. The third kappa shape index (κ3) is 4.59. The number of benzene rings is 2. The number of thiazole rings is 1. The topological polar surface area (TPSA) is 45.2 Å². The lowest BCUT2D eigenvalue weighted by molar-refractivity contribution is -0.126. The van der Waals surface area contributed by atoms with Gasteiger partial charge in [-0.15, -0.1) is 11.3 Å². The molecule has 0 fully saturated rings. The van der Waals surface area contributed by atoms with Crippen LogP contribution in [-0.2, 0) is 16.6 Å². The monoisotopic (exact) mass is 395 g/mol. The summed E-state index contributed by atoms with van der Waals surface area (Å²) in [7, 11) is 2.08. The first-order chi connectivity index (χ1) is 13.4. The second-order valence-electron chi connectivity index (χ2n) is 7.78. The molecule has 28 heavy (non-hydrogen) atoms. The van der Waals surface area contributed by atoms with Gasteiger partial charge < -0.3 is 10.2 Å². The molecule has 1 N–H and O–H groups in total. The second-order valence-corrected chi connectivity index (χ2v) is 8.90. The second kappa shape index (κ2) is 8.84. The highest BCUT2D eigenvalue weighted by Gasteiger charge is 2.36. The first-order valence-electron chi connectivity index (χ1n) is 9.78. The van der Waals surface area contributed by atoms with Crippen molar-refractivity contribution >= 4 is 27.5 Å². The number of fused-ring (bicyclic) bond motifs is 1. The van der Waals surface area contributed by atoms with Gasteiger partial charge in [0.15, 0.2) is 0 Å². The zero-order valence-corrected chi connectivity index (χ0v) is 17.9. The largest absolute Gasteiger partial charge is 0.354 e. The van der Waals surface area contributed by atoms with E-state index in [2.05, 4.69) is 37.2 Å². The first kappa shape index (κ1) is 20.5. The minimum Gasteiger partial charge on any atom is -0.354 e. The van der Waals surface area contributed by atoms with E-state index < -0.39 is 5.41 Å². The Hall–Kier alpha value is -2.24. The van der Waals surface area contributed by atoms with Gasteiger partial charge in [0.25, 0.3) is 0 Å². The summed E-state index contributed by atoms with van der Waals surface area (Å²) in [5.41, 5.74) is 1.35. The van der Waals surface area contributed by atoms with E-state index in [0.717, 1.165) is 27.3 Å². The van der Waals surface area contributed by atoms with E-state index in [-0.39, 0.29) is 5.91 Å². The van der Waals surface area contributed by atoms with Crippen molar-refractivity contribution in [2.75, 3.05) is 20.1 Å². The zero-order valence-electron chi connectivity index (χ0n) is 17.1. The Bertz CT molecular complexity index is 889. The third-order valence-corrected chi connectivity index (χ3v) is 6.42. The Morgan fingerprint density at radius 3 is 2.50 bits per heavy atom. The molecule has 1 unspecified atom stereocenters. The molecule has 5 heteroatoms. The molecule has 1 aromatic heterocycles. The number of hydrogen-bond donors (Lipinski definition) is 1. The Labute approximate surface area is 171 Å². The average molecular weight is 396 g/mol. The molecule has 4 nitrogen and oxygen atoms in total. The number of hydrogen-bond acceptors (Lipinski definition) is 4. The summed E-state index contributed by atoms with van der Waals surface area (Å²) in [6.07, 6.45) is 0.586. The van der Waals surface area contributed by atoms with E-state index in [1.807, 2.05) is 55.5 Å². The zero-order chi connectivity index (χ0) is 20.1. The van der Waals surface area contributed by atoms with Gasteiger partial charge in [-0.3, -0.25) is 4.79 Å². The van der Waals surface area contributed by atoms with Gasteiger partial charge in [0, 0.05) is 25.6 Å². The smallest absolute Gasteiger partial charge is 0.230 e. The molecule has 0 aliphatic carbocycles. The summed E-state index contributed by atoms with van der Waals surface area (Å²) in [6.45, 7) is 7.80. The Morgan fingerprint density at radius 2 is 1.82 bits per heavy atom. The molecule has 0 aliphatic heterocycles. The molecule has 3 aromatic rings. The number of carbonyl (C=O) groups excluding carboxylic acids is 1.